The molecular formula is C26H26FN3S. The fraction of sp³-hybridized carbons (Fsp3) is 0.231. The first-order valence-electron chi connectivity index (χ1n) is 10.3. The summed E-state index contributed by atoms with van der Waals surface area (Å²) in [6, 6.07) is 23.5. The van der Waals surface area contributed by atoms with E-state index in [1.54, 1.807) is 23.9 Å². The highest BCUT2D eigenvalue weighted by molar-refractivity contribution is 7.98. The second kappa shape index (κ2) is 8.67. The normalized spacial score (nSPS) is 11.6. The fourth-order valence-corrected chi connectivity index (χ4v) is 4.27. The van der Waals surface area contributed by atoms with Crippen LogP contribution in [0, 0.1) is 12.7 Å². The first-order valence-corrected chi connectivity index (χ1v) is 11.3. The zero-order chi connectivity index (χ0) is 22.0. The Hall–Kier alpha value is -2.92. The van der Waals surface area contributed by atoms with E-state index >= 15 is 0 Å². The summed E-state index contributed by atoms with van der Waals surface area (Å²) in [4.78, 5) is 0. The third-order valence-electron chi connectivity index (χ3n) is 5.19. The van der Waals surface area contributed by atoms with Crippen LogP contribution in [0.2, 0.25) is 0 Å². The molecule has 31 heavy (non-hydrogen) atoms. The molecule has 0 amide bonds. The molecule has 0 aliphatic rings. The maximum atomic E-state index is 13.6. The van der Waals surface area contributed by atoms with Crippen LogP contribution in [0.25, 0.3) is 17.1 Å². The number of rotatable bonds is 5. The number of hydrogen-bond donors (Lipinski definition) is 0. The van der Waals surface area contributed by atoms with Crippen LogP contribution in [-0.4, -0.2) is 14.8 Å². The summed E-state index contributed by atoms with van der Waals surface area (Å²) in [6.45, 7) is 8.69. The number of hydrogen-bond acceptors (Lipinski definition) is 3. The maximum Gasteiger partial charge on any atom is 0.196 e. The van der Waals surface area contributed by atoms with Crippen molar-refractivity contribution in [3.8, 4) is 17.1 Å². The predicted octanol–water partition coefficient (Wildman–Crippen LogP) is 6.97. The van der Waals surface area contributed by atoms with Gasteiger partial charge in [-0.15, -0.1) is 10.2 Å². The lowest BCUT2D eigenvalue weighted by molar-refractivity contribution is 0.590. The number of aromatic nitrogens is 3. The molecule has 0 spiro atoms. The zero-order valence-corrected chi connectivity index (χ0v) is 19.1. The Balaban J connectivity index is 1.72. The van der Waals surface area contributed by atoms with E-state index < -0.39 is 0 Å². The van der Waals surface area contributed by atoms with Crippen LogP contribution in [0.5, 0.6) is 0 Å². The maximum absolute atomic E-state index is 13.6. The van der Waals surface area contributed by atoms with E-state index in [1.807, 2.05) is 6.07 Å². The summed E-state index contributed by atoms with van der Waals surface area (Å²) in [7, 11) is 0. The van der Waals surface area contributed by atoms with E-state index in [1.165, 1.54) is 17.2 Å². The predicted molar refractivity (Wildman–Crippen MR) is 126 cm³/mol. The van der Waals surface area contributed by atoms with Gasteiger partial charge in [0.2, 0.25) is 0 Å². The Bertz CT molecular complexity index is 1170. The molecule has 0 aliphatic carbocycles. The molecule has 3 aromatic carbocycles. The van der Waals surface area contributed by atoms with Crippen molar-refractivity contribution in [2.24, 2.45) is 0 Å². The van der Waals surface area contributed by atoms with E-state index in [-0.39, 0.29) is 11.2 Å². The average molecular weight is 432 g/mol. The monoisotopic (exact) mass is 431 g/mol. The smallest absolute Gasteiger partial charge is 0.196 e. The van der Waals surface area contributed by atoms with Gasteiger partial charge < -0.3 is 0 Å². The average Bonchev–Trinajstić information content (AvgIpc) is 3.16. The number of aryl methyl sites for hydroxylation is 1. The van der Waals surface area contributed by atoms with Crippen LogP contribution in [0.4, 0.5) is 4.39 Å². The molecule has 1 aromatic heterocycles. The van der Waals surface area contributed by atoms with Gasteiger partial charge in [0.15, 0.2) is 11.0 Å². The molecular weight excluding hydrogens is 405 g/mol. The summed E-state index contributed by atoms with van der Waals surface area (Å²) < 4.78 is 15.7. The highest BCUT2D eigenvalue weighted by Crippen LogP contribution is 2.31. The van der Waals surface area contributed by atoms with E-state index in [0.717, 1.165) is 27.8 Å². The molecule has 1 heterocycles. The second-order valence-corrected chi connectivity index (χ2v) is 9.67. The van der Waals surface area contributed by atoms with Crippen LogP contribution in [0.1, 0.15) is 37.5 Å². The molecule has 4 rings (SSSR count). The first-order chi connectivity index (χ1) is 14.8. The van der Waals surface area contributed by atoms with Gasteiger partial charge in [0, 0.05) is 17.0 Å². The summed E-state index contributed by atoms with van der Waals surface area (Å²) in [6.07, 6.45) is 0. The number of thioether (sulfide) groups is 1. The lowest BCUT2D eigenvalue weighted by atomic mass is 9.87. The lowest BCUT2D eigenvalue weighted by Crippen LogP contribution is -2.10. The minimum Gasteiger partial charge on any atom is -0.270 e. The molecule has 0 fully saturated rings. The SMILES string of the molecule is Cc1ccc(-n2c(SCc3cccc(F)c3)nnc2-c2ccc(C(C)(C)C)cc2)cc1. The van der Waals surface area contributed by atoms with Crippen molar-refractivity contribution >= 4 is 11.8 Å². The van der Waals surface area contributed by atoms with Crippen LogP contribution in [0.15, 0.2) is 78.0 Å². The van der Waals surface area contributed by atoms with Gasteiger partial charge in [-0.3, -0.25) is 4.57 Å². The molecule has 158 valence electrons. The minimum atomic E-state index is -0.224. The van der Waals surface area contributed by atoms with Gasteiger partial charge in [0.1, 0.15) is 5.82 Å². The van der Waals surface area contributed by atoms with Crippen LogP contribution in [0.3, 0.4) is 0 Å². The molecule has 0 aliphatic heterocycles. The van der Waals surface area contributed by atoms with E-state index in [0.29, 0.717) is 5.75 Å². The fourth-order valence-electron chi connectivity index (χ4n) is 3.37. The van der Waals surface area contributed by atoms with Crippen molar-refractivity contribution in [1.29, 1.82) is 0 Å². The quantitative estimate of drug-likeness (QED) is 0.320. The number of nitrogens with zero attached hydrogens (tertiary/aromatic N) is 3. The highest BCUT2D eigenvalue weighted by atomic mass is 32.2. The number of halogens is 1. The Kier molecular flexibility index (Phi) is 5.96. The molecule has 0 unspecified atom stereocenters. The van der Waals surface area contributed by atoms with Gasteiger partial charge in [-0.1, -0.05) is 86.6 Å². The van der Waals surface area contributed by atoms with Crippen LogP contribution >= 0.6 is 11.8 Å². The minimum absolute atomic E-state index is 0.0924. The molecule has 0 N–H and O–H groups in total. The lowest BCUT2D eigenvalue weighted by Gasteiger charge is -2.19. The topological polar surface area (TPSA) is 30.7 Å². The number of benzene rings is 3. The molecule has 0 radical (unpaired) electrons. The largest absolute Gasteiger partial charge is 0.270 e. The molecule has 3 nitrogen and oxygen atoms in total. The van der Waals surface area contributed by atoms with Crippen LogP contribution in [-0.2, 0) is 11.2 Å². The second-order valence-electron chi connectivity index (χ2n) is 8.72. The molecule has 4 aromatic rings. The highest BCUT2D eigenvalue weighted by Gasteiger charge is 2.18. The standard InChI is InChI=1S/C26H26FN3S/c1-18-8-14-23(15-9-18)30-24(20-10-12-21(13-11-20)26(2,3)4)28-29-25(30)31-17-19-6-5-7-22(27)16-19/h5-16H,17H2,1-4H3. The molecule has 0 saturated carbocycles. The van der Waals surface area contributed by atoms with Crippen LogP contribution < -0.4 is 0 Å². The molecule has 5 heteroatoms. The zero-order valence-electron chi connectivity index (χ0n) is 18.3. The van der Waals surface area contributed by atoms with Gasteiger partial charge in [0.05, 0.1) is 0 Å². The molecule has 0 atom stereocenters. The Morgan fingerprint density at radius 2 is 1.61 bits per heavy atom. The van der Waals surface area contributed by atoms with Crippen molar-refractivity contribution in [3.05, 3.63) is 95.3 Å². The van der Waals surface area contributed by atoms with Crippen molar-refractivity contribution in [2.75, 3.05) is 0 Å². The van der Waals surface area contributed by atoms with Gasteiger partial charge in [-0.05, 0) is 47.7 Å². The van der Waals surface area contributed by atoms with Crippen molar-refractivity contribution in [3.63, 3.8) is 0 Å². The van der Waals surface area contributed by atoms with Crippen molar-refractivity contribution < 1.29 is 4.39 Å². The summed E-state index contributed by atoms with van der Waals surface area (Å²) in [5.41, 5.74) is 5.50. The van der Waals surface area contributed by atoms with Gasteiger partial charge in [-0.2, -0.15) is 0 Å². The Morgan fingerprint density at radius 1 is 0.903 bits per heavy atom. The molecule has 0 bridgehead atoms. The van der Waals surface area contributed by atoms with E-state index in [9.17, 15) is 4.39 Å². The Labute approximate surface area is 187 Å². The van der Waals surface area contributed by atoms with Gasteiger partial charge in [0.25, 0.3) is 0 Å². The summed E-state index contributed by atoms with van der Waals surface area (Å²) >= 11 is 1.55. The third-order valence-corrected chi connectivity index (χ3v) is 6.19. The first kappa shape index (κ1) is 21.3. The van der Waals surface area contributed by atoms with E-state index in [2.05, 4.69) is 91.0 Å². The van der Waals surface area contributed by atoms with Crippen molar-refractivity contribution in [2.45, 2.75) is 44.0 Å². The van der Waals surface area contributed by atoms with Crippen molar-refractivity contribution in [1.82, 2.24) is 14.8 Å². The van der Waals surface area contributed by atoms with E-state index in [4.69, 9.17) is 0 Å². The summed E-state index contributed by atoms with van der Waals surface area (Å²) in [5.74, 6) is 1.19. The van der Waals surface area contributed by atoms with Gasteiger partial charge in [-0.25, -0.2) is 4.39 Å². The third kappa shape index (κ3) is 4.88. The molecule has 0 saturated heterocycles. The van der Waals surface area contributed by atoms with Gasteiger partial charge >= 0.3 is 0 Å². The summed E-state index contributed by atoms with van der Waals surface area (Å²) in [5, 5.41) is 9.79. The Morgan fingerprint density at radius 3 is 2.26 bits per heavy atom.